The minimum absolute atomic E-state index is 0.00706. The largest absolute Gasteiger partial charge is 0.592 e. The van der Waals surface area contributed by atoms with E-state index in [1.54, 1.807) is 6.07 Å². The molecule has 1 aromatic heterocycles. The molecule has 0 saturated heterocycles. The minimum atomic E-state index is -1.15. The Morgan fingerprint density at radius 3 is 2.83 bits per heavy atom. The normalized spacial score (nSPS) is 12.0. The zero-order valence-corrected chi connectivity index (χ0v) is 14.1. The number of aromatic nitrogens is 2. The highest BCUT2D eigenvalue weighted by Gasteiger charge is 2.13. The summed E-state index contributed by atoms with van der Waals surface area (Å²) in [5.41, 5.74) is 0.985. The fourth-order valence-electron chi connectivity index (χ4n) is 1.82. The average Bonchev–Trinajstić information content (AvgIpc) is 2.85. The Morgan fingerprint density at radius 2 is 2.26 bits per heavy atom. The van der Waals surface area contributed by atoms with Crippen molar-refractivity contribution in [1.29, 1.82) is 0 Å². The van der Waals surface area contributed by atoms with E-state index in [4.69, 9.17) is 14.7 Å². The number of hydrogen-bond acceptors (Lipinski definition) is 6. The maximum absolute atomic E-state index is 13.9. The minimum Gasteiger partial charge on any atom is -0.592 e. The molecule has 2 aromatic rings. The number of halogens is 2. The Hall–Kier alpha value is -1.76. The molecule has 0 spiro atoms. The molecule has 0 aliphatic carbocycles. The van der Waals surface area contributed by atoms with Crippen LogP contribution in [0.1, 0.15) is 11.3 Å². The topological polar surface area (TPSA) is 101 Å². The standard InChI is InChI=1S/C13H13FIN3O5/c1-17-9(5-16-13(17)18(20)21)7-22-11-3-2-8(4-10(11)14)6-23-12(15)19/h2-5,18,20H,6-7H2,1H3. The zero-order chi connectivity index (χ0) is 17.0. The molecular formula is C13H13FIN3O5. The van der Waals surface area contributed by atoms with Crippen molar-refractivity contribution < 1.29 is 29.1 Å². The lowest BCUT2D eigenvalue weighted by Crippen LogP contribution is -3.00. The van der Waals surface area contributed by atoms with Gasteiger partial charge >= 0.3 is 9.92 Å². The average molecular weight is 437 g/mol. The number of rotatable bonds is 6. The summed E-state index contributed by atoms with van der Waals surface area (Å²) >= 11 is 1.48. The Balaban J connectivity index is 2.02. The van der Waals surface area contributed by atoms with Crippen LogP contribution in [0.15, 0.2) is 24.4 Å². The Kier molecular flexibility index (Phi) is 5.87. The van der Waals surface area contributed by atoms with Gasteiger partial charge < -0.3 is 14.7 Å². The maximum Gasteiger partial charge on any atom is 0.367 e. The first-order valence-electron chi connectivity index (χ1n) is 6.36. The van der Waals surface area contributed by atoms with E-state index in [-0.39, 0.29) is 24.9 Å². The summed E-state index contributed by atoms with van der Waals surface area (Å²) in [5, 5.41) is 18.6. The van der Waals surface area contributed by atoms with Gasteiger partial charge in [-0.25, -0.2) is 14.4 Å². The summed E-state index contributed by atoms with van der Waals surface area (Å²) < 4.78 is 24.9. The molecule has 23 heavy (non-hydrogen) atoms. The van der Waals surface area contributed by atoms with Crippen molar-refractivity contribution in [2.24, 2.45) is 7.05 Å². The Bertz CT molecular complexity index is 707. The van der Waals surface area contributed by atoms with Gasteiger partial charge in [0.05, 0.1) is 34.5 Å². The second-order valence-corrected chi connectivity index (χ2v) is 5.40. The summed E-state index contributed by atoms with van der Waals surface area (Å²) in [7, 11) is 1.53. The third-order valence-electron chi connectivity index (χ3n) is 3.00. The molecule has 0 radical (unpaired) electrons. The van der Waals surface area contributed by atoms with Crippen molar-refractivity contribution in [3.05, 3.63) is 46.7 Å². The van der Waals surface area contributed by atoms with Gasteiger partial charge in [-0.2, -0.15) is 10.2 Å². The van der Waals surface area contributed by atoms with Crippen LogP contribution in [-0.4, -0.2) is 18.7 Å². The number of quaternary nitrogens is 1. The SMILES string of the molecule is Cn1c(COc2ccc(COC(=O)I)cc2F)cnc1[NH+]([O-])O. The molecule has 0 aliphatic heterocycles. The van der Waals surface area contributed by atoms with Gasteiger partial charge in [-0.05, 0) is 17.7 Å². The third kappa shape index (κ3) is 4.60. The van der Waals surface area contributed by atoms with Gasteiger partial charge in [-0.1, -0.05) is 6.07 Å². The summed E-state index contributed by atoms with van der Waals surface area (Å²) in [5.74, 6) is -0.722. The van der Waals surface area contributed by atoms with E-state index in [9.17, 15) is 14.4 Å². The van der Waals surface area contributed by atoms with Crippen LogP contribution in [0.25, 0.3) is 0 Å². The van der Waals surface area contributed by atoms with E-state index in [1.807, 2.05) is 0 Å². The first-order valence-corrected chi connectivity index (χ1v) is 7.43. The van der Waals surface area contributed by atoms with E-state index >= 15 is 0 Å². The lowest BCUT2D eigenvalue weighted by molar-refractivity contribution is -0.995. The van der Waals surface area contributed by atoms with Gasteiger partial charge in [0.1, 0.15) is 13.2 Å². The first-order chi connectivity index (χ1) is 10.9. The van der Waals surface area contributed by atoms with Crippen LogP contribution in [0.3, 0.4) is 0 Å². The molecule has 0 amide bonds. The number of nitrogens with zero attached hydrogens (tertiary/aromatic N) is 2. The quantitative estimate of drug-likeness (QED) is 0.405. The van der Waals surface area contributed by atoms with Crippen LogP contribution in [0.4, 0.5) is 15.1 Å². The molecule has 2 N–H and O–H groups in total. The van der Waals surface area contributed by atoms with E-state index < -0.39 is 15.0 Å². The van der Waals surface area contributed by atoms with Crippen molar-refractivity contribution in [3.8, 4) is 5.75 Å². The second-order valence-electron chi connectivity index (χ2n) is 4.52. The van der Waals surface area contributed by atoms with E-state index in [1.165, 1.54) is 52.5 Å². The maximum atomic E-state index is 13.9. The highest BCUT2D eigenvalue weighted by Crippen LogP contribution is 2.20. The van der Waals surface area contributed by atoms with Crippen LogP contribution in [-0.2, 0) is 25.0 Å². The molecule has 0 aliphatic rings. The van der Waals surface area contributed by atoms with Gasteiger partial charge in [0.15, 0.2) is 11.6 Å². The molecule has 124 valence electrons. The Morgan fingerprint density at radius 1 is 1.52 bits per heavy atom. The predicted octanol–water partition coefficient (Wildman–Crippen LogP) is 1.61. The molecule has 1 aromatic carbocycles. The lowest BCUT2D eigenvalue weighted by Gasteiger charge is -2.12. The molecule has 2 rings (SSSR count). The van der Waals surface area contributed by atoms with E-state index in [0.29, 0.717) is 11.3 Å². The lowest BCUT2D eigenvalue weighted by atomic mass is 10.2. The Labute approximate surface area is 144 Å². The van der Waals surface area contributed by atoms with Crippen molar-refractivity contribution in [1.82, 2.24) is 9.55 Å². The number of carbonyl (C=O) groups excluding carboxylic acids is 1. The van der Waals surface area contributed by atoms with Crippen LogP contribution in [0, 0.1) is 11.0 Å². The van der Waals surface area contributed by atoms with E-state index in [0.717, 1.165) is 0 Å². The predicted molar refractivity (Wildman–Crippen MR) is 83.9 cm³/mol. The number of nitrogens with one attached hydrogen (secondary N) is 1. The molecule has 1 atom stereocenters. The molecule has 1 heterocycles. The second kappa shape index (κ2) is 7.68. The van der Waals surface area contributed by atoms with Crippen molar-refractivity contribution >= 4 is 32.5 Å². The molecule has 1 unspecified atom stereocenters. The highest BCUT2D eigenvalue weighted by atomic mass is 127. The van der Waals surface area contributed by atoms with Crippen LogP contribution in [0.5, 0.6) is 5.75 Å². The summed E-state index contributed by atoms with van der Waals surface area (Å²) in [4.78, 5) is 14.5. The first kappa shape index (κ1) is 17.6. The molecule has 0 saturated carbocycles. The fraction of sp³-hybridized carbons (Fsp3) is 0.231. The summed E-state index contributed by atoms with van der Waals surface area (Å²) in [6, 6.07) is 4.20. The molecule has 10 heteroatoms. The van der Waals surface area contributed by atoms with Crippen LogP contribution < -0.4 is 9.96 Å². The molecule has 0 fully saturated rings. The van der Waals surface area contributed by atoms with E-state index in [2.05, 4.69) is 4.98 Å². The molecule has 8 nitrogen and oxygen atoms in total. The summed E-state index contributed by atoms with van der Waals surface area (Å²) in [6.45, 7) is -0.0571. The molecular weight excluding hydrogens is 424 g/mol. The number of imidazole rings is 1. The van der Waals surface area contributed by atoms with Gasteiger partial charge in [0.25, 0.3) is 0 Å². The highest BCUT2D eigenvalue weighted by molar-refractivity contribution is 14.1. The van der Waals surface area contributed by atoms with Crippen molar-refractivity contribution in [2.75, 3.05) is 0 Å². The van der Waals surface area contributed by atoms with Gasteiger partial charge in [-0.15, -0.1) is 0 Å². The number of benzene rings is 1. The van der Waals surface area contributed by atoms with Crippen molar-refractivity contribution in [3.63, 3.8) is 0 Å². The number of ether oxygens (including phenoxy) is 2. The third-order valence-corrected chi connectivity index (χ3v) is 3.31. The van der Waals surface area contributed by atoms with Crippen LogP contribution in [0.2, 0.25) is 0 Å². The zero-order valence-electron chi connectivity index (χ0n) is 12.0. The van der Waals surface area contributed by atoms with Gasteiger partial charge in [0.2, 0.25) is 0 Å². The fourth-order valence-corrected chi connectivity index (χ4v) is 1.98. The summed E-state index contributed by atoms with van der Waals surface area (Å²) in [6.07, 6.45) is 1.36. The smallest absolute Gasteiger partial charge is 0.367 e. The van der Waals surface area contributed by atoms with Crippen LogP contribution >= 0.6 is 22.6 Å². The van der Waals surface area contributed by atoms with Gasteiger partial charge in [0, 0.05) is 7.05 Å². The van der Waals surface area contributed by atoms with Crippen molar-refractivity contribution in [2.45, 2.75) is 13.2 Å². The number of hydrogen-bond donors (Lipinski definition) is 2. The van der Waals surface area contributed by atoms with Gasteiger partial charge in [-0.3, -0.25) is 4.57 Å². The monoisotopic (exact) mass is 437 g/mol. The molecule has 0 bridgehead atoms. The number of carbonyl (C=O) groups is 1.